The highest BCUT2D eigenvalue weighted by molar-refractivity contribution is 5.86. The summed E-state index contributed by atoms with van der Waals surface area (Å²) in [4.78, 5) is 26.8. The van der Waals surface area contributed by atoms with Crippen LogP contribution in [0.3, 0.4) is 0 Å². The third kappa shape index (κ3) is 2.77. The van der Waals surface area contributed by atoms with Gasteiger partial charge in [0.15, 0.2) is 22.8 Å². The molecule has 0 radical (unpaired) electrons. The molecule has 1 saturated heterocycles. The zero-order valence-electron chi connectivity index (χ0n) is 13.9. The van der Waals surface area contributed by atoms with E-state index in [1.807, 2.05) is 11.8 Å². The first-order valence-electron chi connectivity index (χ1n) is 8.01. The number of rotatable bonds is 5. The predicted octanol–water partition coefficient (Wildman–Crippen LogP) is -0.315. The first kappa shape index (κ1) is 15.4. The van der Waals surface area contributed by atoms with E-state index >= 15 is 0 Å². The lowest BCUT2D eigenvalue weighted by molar-refractivity contribution is -0.126. The minimum absolute atomic E-state index is 0.0467. The van der Waals surface area contributed by atoms with Crippen LogP contribution in [-0.4, -0.2) is 54.1 Å². The smallest absolute Gasteiger partial charge is 0.246 e. The molecule has 0 aromatic carbocycles. The molecule has 0 unspecified atom stereocenters. The molecule has 11 nitrogen and oxygen atoms in total. The highest BCUT2D eigenvalue weighted by Gasteiger charge is 2.35. The summed E-state index contributed by atoms with van der Waals surface area (Å²) in [6, 6.07) is 0. The quantitative estimate of drug-likeness (QED) is 0.663. The molecule has 0 saturated carbocycles. The van der Waals surface area contributed by atoms with Crippen molar-refractivity contribution in [2.24, 2.45) is 5.92 Å². The molecule has 3 aromatic rings. The van der Waals surface area contributed by atoms with Gasteiger partial charge >= 0.3 is 0 Å². The molecule has 0 bridgehead atoms. The first-order chi connectivity index (χ1) is 12.2. The summed E-state index contributed by atoms with van der Waals surface area (Å²) in [5.74, 6) is 1.49. The van der Waals surface area contributed by atoms with Crippen molar-refractivity contribution in [2.45, 2.75) is 26.9 Å². The van der Waals surface area contributed by atoms with Gasteiger partial charge in [0.2, 0.25) is 11.8 Å². The number of nitrogens with zero attached hydrogens (tertiary/aromatic N) is 8. The Hall–Kier alpha value is -3.11. The number of nitrogens with one attached hydrogen (secondary N) is 1. The Morgan fingerprint density at radius 2 is 2.24 bits per heavy atom. The van der Waals surface area contributed by atoms with Crippen molar-refractivity contribution >= 4 is 22.9 Å². The number of carbonyl (C=O) groups excluding carboxylic acids is 1. The number of fused-ring (bicyclic) bond motifs is 1. The van der Waals surface area contributed by atoms with Gasteiger partial charge in [-0.15, -0.1) is 5.10 Å². The zero-order chi connectivity index (χ0) is 17.4. The Morgan fingerprint density at radius 1 is 1.40 bits per heavy atom. The van der Waals surface area contributed by atoms with Crippen LogP contribution >= 0.6 is 0 Å². The van der Waals surface area contributed by atoms with E-state index in [0.29, 0.717) is 48.3 Å². The second-order valence-electron chi connectivity index (χ2n) is 5.83. The van der Waals surface area contributed by atoms with Gasteiger partial charge in [-0.2, -0.15) is 4.98 Å². The Kier molecular flexibility index (Phi) is 3.75. The number of carbonyl (C=O) groups is 1. The molecular formula is C14H17N9O2. The standard InChI is InChI=1S/C14H17N9O2/c1-3-23-13-11(19-21-23)12(16-7-17-13)22-5-9(6-22)14(24)15-4-10-18-8(2)20-25-10/h7,9H,3-6H2,1-2H3,(H,15,24). The number of aromatic nitrogens is 7. The number of hydrogen-bond acceptors (Lipinski definition) is 9. The first-order valence-corrected chi connectivity index (χ1v) is 8.01. The van der Waals surface area contributed by atoms with Crippen LogP contribution in [0.2, 0.25) is 0 Å². The molecule has 1 fully saturated rings. The fraction of sp³-hybridized carbons (Fsp3) is 0.500. The fourth-order valence-corrected chi connectivity index (χ4v) is 2.76. The second kappa shape index (κ2) is 6.07. The summed E-state index contributed by atoms with van der Waals surface area (Å²) in [5.41, 5.74) is 1.36. The molecule has 11 heteroatoms. The molecule has 4 heterocycles. The highest BCUT2D eigenvalue weighted by atomic mass is 16.5. The molecule has 0 atom stereocenters. The molecule has 1 aliphatic heterocycles. The molecule has 0 aliphatic carbocycles. The molecular weight excluding hydrogens is 326 g/mol. The maximum absolute atomic E-state index is 12.2. The van der Waals surface area contributed by atoms with Crippen molar-refractivity contribution in [3.8, 4) is 0 Å². The van der Waals surface area contributed by atoms with Crippen LogP contribution in [0.15, 0.2) is 10.9 Å². The third-order valence-corrected chi connectivity index (χ3v) is 4.12. The maximum atomic E-state index is 12.2. The molecule has 130 valence electrons. The SMILES string of the molecule is CCn1nnc2c(N3CC(C(=O)NCc4nc(C)no4)C3)ncnc21. The Morgan fingerprint density at radius 3 is 2.96 bits per heavy atom. The lowest BCUT2D eigenvalue weighted by Crippen LogP contribution is -2.54. The summed E-state index contributed by atoms with van der Waals surface area (Å²) >= 11 is 0. The molecule has 4 rings (SSSR count). The summed E-state index contributed by atoms with van der Waals surface area (Å²) in [7, 11) is 0. The van der Waals surface area contributed by atoms with Crippen molar-refractivity contribution in [1.82, 2.24) is 40.4 Å². The fourth-order valence-electron chi connectivity index (χ4n) is 2.76. The van der Waals surface area contributed by atoms with Gasteiger partial charge < -0.3 is 14.7 Å². The predicted molar refractivity (Wildman–Crippen MR) is 85.4 cm³/mol. The van der Waals surface area contributed by atoms with Crippen LogP contribution in [0, 0.1) is 12.8 Å². The largest absolute Gasteiger partial charge is 0.353 e. The average molecular weight is 343 g/mol. The second-order valence-corrected chi connectivity index (χ2v) is 5.83. The summed E-state index contributed by atoms with van der Waals surface area (Å²) in [6.45, 7) is 5.77. The van der Waals surface area contributed by atoms with Crippen LogP contribution in [0.4, 0.5) is 5.82 Å². The third-order valence-electron chi connectivity index (χ3n) is 4.12. The van der Waals surface area contributed by atoms with Crippen LogP contribution in [-0.2, 0) is 17.9 Å². The molecule has 1 amide bonds. The maximum Gasteiger partial charge on any atom is 0.246 e. The van der Waals surface area contributed by atoms with Crippen molar-refractivity contribution in [3.05, 3.63) is 18.0 Å². The van der Waals surface area contributed by atoms with Crippen LogP contribution in [0.1, 0.15) is 18.6 Å². The minimum Gasteiger partial charge on any atom is -0.353 e. The van der Waals surface area contributed by atoms with Gasteiger partial charge in [0.05, 0.1) is 12.5 Å². The van der Waals surface area contributed by atoms with Gasteiger partial charge in [-0.3, -0.25) is 4.79 Å². The van der Waals surface area contributed by atoms with Crippen molar-refractivity contribution in [2.75, 3.05) is 18.0 Å². The minimum atomic E-state index is -0.116. The molecule has 3 aromatic heterocycles. The topological polar surface area (TPSA) is 128 Å². The molecule has 0 spiro atoms. The van der Waals surface area contributed by atoms with Crippen LogP contribution in [0.5, 0.6) is 0 Å². The number of aryl methyl sites for hydroxylation is 2. The summed E-state index contributed by atoms with van der Waals surface area (Å²) in [5, 5.41) is 14.7. The number of anilines is 1. The van der Waals surface area contributed by atoms with Gasteiger partial charge in [-0.25, -0.2) is 14.6 Å². The van der Waals surface area contributed by atoms with E-state index in [0.717, 1.165) is 0 Å². The Bertz CT molecular complexity index is 912. The van der Waals surface area contributed by atoms with Gasteiger partial charge in [0.1, 0.15) is 6.33 Å². The van der Waals surface area contributed by atoms with Gasteiger partial charge in [0, 0.05) is 19.6 Å². The lowest BCUT2D eigenvalue weighted by atomic mass is 9.99. The van der Waals surface area contributed by atoms with Crippen molar-refractivity contribution in [3.63, 3.8) is 0 Å². The van der Waals surface area contributed by atoms with Gasteiger partial charge in [0.25, 0.3) is 0 Å². The van der Waals surface area contributed by atoms with E-state index in [4.69, 9.17) is 4.52 Å². The Labute approximate surface area is 142 Å². The van der Waals surface area contributed by atoms with Gasteiger partial charge in [-0.05, 0) is 13.8 Å². The average Bonchev–Trinajstić information content (AvgIpc) is 3.17. The number of hydrogen-bond donors (Lipinski definition) is 1. The van der Waals surface area contributed by atoms with Crippen LogP contribution < -0.4 is 10.2 Å². The van der Waals surface area contributed by atoms with E-state index in [-0.39, 0.29) is 18.4 Å². The van der Waals surface area contributed by atoms with Crippen LogP contribution in [0.25, 0.3) is 11.2 Å². The normalized spacial score (nSPS) is 14.7. The number of amides is 1. The molecule has 1 aliphatic rings. The van der Waals surface area contributed by atoms with E-state index in [2.05, 4.69) is 35.7 Å². The Balaban J connectivity index is 1.38. The molecule has 25 heavy (non-hydrogen) atoms. The molecule has 1 N–H and O–H groups in total. The van der Waals surface area contributed by atoms with E-state index in [9.17, 15) is 4.79 Å². The van der Waals surface area contributed by atoms with Crippen molar-refractivity contribution in [1.29, 1.82) is 0 Å². The monoisotopic (exact) mass is 343 g/mol. The lowest BCUT2D eigenvalue weighted by Gasteiger charge is -2.38. The van der Waals surface area contributed by atoms with E-state index in [1.165, 1.54) is 6.33 Å². The summed E-state index contributed by atoms with van der Waals surface area (Å²) in [6.07, 6.45) is 1.50. The van der Waals surface area contributed by atoms with E-state index in [1.54, 1.807) is 11.6 Å². The summed E-state index contributed by atoms with van der Waals surface area (Å²) < 4.78 is 6.70. The highest BCUT2D eigenvalue weighted by Crippen LogP contribution is 2.27. The van der Waals surface area contributed by atoms with E-state index < -0.39 is 0 Å². The van der Waals surface area contributed by atoms with Gasteiger partial charge in [-0.1, -0.05) is 10.4 Å². The zero-order valence-corrected chi connectivity index (χ0v) is 13.9. The van der Waals surface area contributed by atoms with Crippen molar-refractivity contribution < 1.29 is 9.32 Å².